The minimum atomic E-state index is -0.372. The molecule has 1 fully saturated rings. The first-order chi connectivity index (χ1) is 13.6. The highest BCUT2D eigenvalue weighted by Gasteiger charge is 2.23. The number of ether oxygens (including phenoxy) is 1. The molecule has 2 aromatic carbocycles. The van der Waals surface area contributed by atoms with Gasteiger partial charge in [-0.15, -0.1) is 12.4 Å². The van der Waals surface area contributed by atoms with Crippen LogP contribution in [-0.2, 0) is 4.74 Å². The maximum Gasteiger partial charge on any atom is 0.260 e. The summed E-state index contributed by atoms with van der Waals surface area (Å²) in [5.74, 6) is -0.517. The maximum absolute atomic E-state index is 14.1. The van der Waals surface area contributed by atoms with E-state index in [1.54, 1.807) is 23.1 Å². The third-order valence-corrected chi connectivity index (χ3v) is 6.19. The van der Waals surface area contributed by atoms with Crippen molar-refractivity contribution < 1.29 is 13.9 Å². The Bertz CT molecular complexity index is 997. The molecule has 4 rings (SSSR count). The molecule has 1 aromatic heterocycles. The number of carbonyl (C=O) groups excluding carboxylic acids is 1. The molecule has 3 aromatic rings. The van der Waals surface area contributed by atoms with Gasteiger partial charge >= 0.3 is 0 Å². The van der Waals surface area contributed by atoms with Crippen molar-refractivity contribution >= 4 is 60.9 Å². The maximum atomic E-state index is 14.1. The van der Waals surface area contributed by atoms with Gasteiger partial charge in [-0.05, 0) is 30.3 Å². The van der Waals surface area contributed by atoms with Crippen molar-refractivity contribution in [3.05, 3.63) is 58.3 Å². The third kappa shape index (κ3) is 5.13. The van der Waals surface area contributed by atoms with E-state index in [1.807, 2.05) is 18.2 Å². The van der Waals surface area contributed by atoms with Crippen LogP contribution in [0.1, 0.15) is 10.4 Å². The van der Waals surface area contributed by atoms with Crippen LogP contribution < -0.4 is 4.90 Å². The van der Waals surface area contributed by atoms with Gasteiger partial charge in [0.25, 0.3) is 5.91 Å². The number of nitrogens with zero attached hydrogens (tertiary/aromatic N) is 3. The molecule has 1 amide bonds. The summed E-state index contributed by atoms with van der Waals surface area (Å²) in [6.45, 7) is 4.27. The van der Waals surface area contributed by atoms with E-state index in [-0.39, 0.29) is 24.1 Å². The van der Waals surface area contributed by atoms with Crippen molar-refractivity contribution in [1.29, 1.82) is 0 Å². The van der Waals surface area contributed by atoms with Gasteiger partial charge in [-0.3, -0.25) is 14.6 Å². The Labute approximate surface area is 187 Å². The number of halogens is 3. The van der Waals surface area contributed by atoms with Gasteiger partial charge in [0.05, 0.1) is 17.9 Å². The molecule has 0 atom stereocenters. The van der Waals surface area contributed by atoms with E-state index < -0.39 is 0 Å². The van der Waals surface area contributed by atoms with Crippen LogP contribution in [0.3, 0.4) is 0 Å². The van der Waals surface area contributed by atoms with Crippen molar-refractivity contribution in [2.75, 3.05) is 44.3 Å². The summed E-state index contributed by atoms with van der Waals surface area (Å²) >= 11 is 4.75. The molecule has 0 N–H and O–H groups in total. The third-order valence-electron chi connectivity index (χ3n) is 4.65. The molecule has 1 saturated heterocycles. The Kier molecular flexibility index (Phi) is 7.59. The number of aromatic nitrogens is 1. The minimum Gasteiger partial charge on any atom is -0.379 e. The van der Waals surface area contributed by atoms with E-state index in [2.05, 4.69) is 25.8 Å². The van der Waals surface area contributed by atoms with Gasteiger partial charge < -0.3 is 4.74 Å². The van der Waals surface area contributed by atoms with Gasteiger partial charge in [-0.1, -0.05) is 39.4 Å². The topological polar surface area (TPSA) is 45.7 Å². The van der Waals surface area contributed by atoms with Gasteiger partial charge in [0.1, 0.15) is 11.3 Å². The van der Waals surface area contributed by atoms with E-state index in [0.29, 0.717) is 42.5 Å². The average Bonchev–Trinajstić information content (AvgIpc) is 3.14. The molecule has 1 aliphatic rings. The summed E-state index contributed by atoms with van der Waals surface area (Å²) in [7, 11) is 0. The van der Waals surface area contributed by atoms with Gasteiger partial charge in [0.15, 0.2) is 5.13 Å². The first-order valence-electron chi connectivity index (χ1n) is 9.04. The molecule has 154 valence electrons. The summed E-state index contributed by atoms with van der Waals surface area (Å²) in [6.07, 6.45) is 0. The van der Waals surface area contributed by atoms with Gasteiger partial charge in [0, 0.05) is 36.2 Å². The fourth-order valence-corrected chi connectivity index (χ4v) is 4.55. The first kappa shape index (κ1) is 22.1. The minimum absolute atomic E-state index is 0. The average molecular weight is 501 g/mol. The Hall–Kier alpha value is -1.58. The van der Waals surface area contributed by atoms with Gasteiger partial charge in [-0.25, -0.2) is 9.37 Å². The molecule has 0 radical (unpaired) electrons. The molecule has 9 heteroatoms. The standard InChI is InChI=1S/C20H19BrFN3O2S.ClH/c21-15-4-1-3-14(13-15)19(26)25(8-7-24-9-11-27-12-10-24)20-23-18-16(22)5-2-6-17(18)28-20;/h1-6,13H,7-12H2;1H. The molecule has 0 unspecified atom stereocenters. The highest BCUT2D eigenvalue weighted by atomic mass is 79.9. The number of para-hydroxylation sites is 1. The molecule has 0 spiro atoms. The summed E-state index contributed by atoms with van der Waals surface area (Å²) in [4.78, 5) is 21.6. The van der Waals surface area contributed by atoms with Crippen LogP contribution in [0.2, 0.25) is 0 Å². The first-order valence-corrected chi connectivity index (χ1v) is 10.7. The second kappa shape index (κ2) is 9.95. The fraction of sp³-hybridized carbons (Fsp3) is 0.300. The Morgan fingerprint density at radius 1 is 1.24 bits per heavy atom. The second-order valence-electron chi connectivity index (χ2n) is 6.50. The van der Waals surface area contributed by atoms with Gasteiger partial charge in [-0.2, -0.15) is 0 Å². The molecule has 1 aliphatic heterocycles. The lowest BCUT2D eigenvalue weighted by atomic mass is 10.2. The number of hydrogen-bond donors (Lipinski definition) is 0. The highest BCUT2D eigenvalue weighted by Crippen LogP contribution is 2.31. The molecular weight excluding hydrogens is 481 g/mol. The summed E-state index contributed by atoms with van der Waals surface area (Å²) in [5, 5.41) is 0.512. The number of benzene rings is 2. The predicted octanol–water partition coefficient (Wildman–Crippen LogP) is 4.60. The normalized spacial score (nSPS) is 14.6. The molecule has 0 saturated carbocycles. The van der Waals surface area contributed by atoms with Crippen molar-refractivity contribution in [2.45, 2.75) is 0 Å². The lowest BCUT2D eigenvalue weighted by Crippen LogP contribution is -2.43. The van der Waals surface area contributed by atoms with Crippen molar-refractivity contribution in [2.24, 2.45) is 0 Å². The molecule has 29 heavy (non-hydrogen) atoms. The zero-order valence-corrected chi connectivity index (χ0v) is 18.7. The zero-order chi connectivity index (χ0) is 19.5. The van der Waals surface area contributed by atoms with Crippen LogP contribution in [-0.4, -0.2) is 55.2 Å². The van der Waals surface area contributed by atoms with Crippen LogP contribution in [0.4, 0.5) is 9.52 Å². The monoisotopic (exact) mass is 499 g/mol. The fourth-order valence-electron chi connectivity index (χ4n) is 3.15. The highest BCUT2D eigenvalue weighted by molar-refractivity contribution is 9.10. The Balaban J connectivity index is 0.00000240. The number of hydrogen-bond acceptors (Lipinski definition) is 5. The Morgan fingerprint density at radius 2 is 2.00 bits per heavy atom. The molecule has 5 nitrogen and oxygen atoms in total. The van der Waals surface area contributed by atoms with E-state index >= 15 is 0 Å². The van der Waals surface area contributed by atoms with Crippen molar-refractivity contribution in [1.82, 2.24) is 9.88 Å². The number of thiazole rings is 1. The molecule has 2 heterocycles. The van der Waals surface area contributed by atoms with E-state index in [9.17, 15) is 9.18 Å². The Morgan fingerprint density at radius 3 is 2.72 bits per heavy atom. The van der Waals surface area contributed by atoms with E-state index in [1.165, 1.54) is 17.4 Å². The number of amides is 1. The molecule has 0 aliphatic carbocycles. The number of fused-ring (bicyclic) bond motifs is 1. The summed E-state index contributed by atoms with van der Waals surface area (Å²) in [5.41, 5.74) is 0.872. The largest absolute Gasteiger partial charge is 0.379 e. The number of morpholine rings is 1. The van der Waals surface area contributed by atoms with E-state index in [4.69, 9.17) is 4.74 Å². The molecular formula is C20H20BrClFN3O2S. The van der Waals surface area contributed by atoms with E-state index in [0.717, 1.165) is 22.3 Å². The van der Waals surface area contributed by atoms with Crippen molar-refractivity contribution in [3.63, 3.8) is 0 Å². The predicted molar refractivity (Wildman–Crippen MR) is 120 cm³/mol. The SMILES string of the molecule is Cl.O=C(c1cccc(Br)c1)N(CCN1CCOCC1)c1nc2c(F)cccc2s1. The van der Waals surface area contributed by atoms with Crippen molar-refractivity contribution in [3.8, 4) is 0 Å². The summed E-state index contributed by atoms with van der Waals surface area (Å²) < 4.78 is 21.1. The van der Waals surface area contributed by atoms with Crippen LogP contribution in [0, 0.1) is 5.82 Å². The van der Waals surface area contributed by atoms with Crippen LogP contribution >= 0.6 is 39.7 Å². The second-order valence-corrected chi connectivity index (χ2v) is 8.43. The quantitative estimate of drug-likeness (QED) is 0.514. The number of carbonyl (C=O) groups is 1. The number of rotatable bonds is 5. The summed E-state index contributed by atoms with van der Waals surface area (Å²) in [6, 6.07) is 12.1. The molecule has 0 bridgehead atoms. The lowest BCUT2D eigenvalue weighted by Gasteiger charge is -2.29. The number of anilines is 1. The van der Waals surface area contributed by atoms with Crippen LogP contribution in [0.5, 0.6) is 0 Å². The lowest BCUT2D eigenvalue weighted by molar-refractivity contribution is 0.0391. The van der Waals surface area contributed by atoms with Crippen LogP contribution in [0.15, 0.2) is 46.9 Å². The zero-order valence-electron chi connectivity index (χ0n) is 15.5. The smallest absolute Gasteiger partial charge is 0.260 e. The van der Waals surface area contributed by atoms with Gasteiger partial charge in [0.2, 0.25) is 0 Å². The van der Waals surface area contributed by atoms with Crippen LogP contribution in [0.25, 0.3) is 10.2 Å².